The van der Waals surface area contributed by atoms with Gasteiger partial charge in [0.1, 0.15) is 0 Å². The van der Waals surface area contributed by atoms with E-state index >= 15 is 0 Å². The highest BCUT2D eigenvalue weighted by molar-refractivity contribution is 5.83. The Morgan fingerprint density at radius 1 is 1.32 bits per heavy atom. The van der Waals surface area contributed by atoms with Crippen molar-refractivity contribution in [3.05, 3.63) is 5.69 Å². The minimum atomic E-state index is 0.134. The SMILES string of the molecule is CCCc1nn(C)c(N2CCCN(C)C(=O)C2)c1N. The zero-order valence-electron chi connectivity index (χ0n) is 12.0. The lowest BCUT2D eigenvalue weighted by Crippen LogP contribution is -2.35. The first-order valence-corrected chi connectivity index (χ1v) is 6.84. The predicted molar refractivity (Wildman–Crippen MR) is 76.1 cm³/mol. The summed E-state index contributed by atoms with van der Waals surface area (Å²) in [4.78, 5) is 15.8. The minimum absolute atomic E-state index is 0.134. The maximum absolute atomic E-state index is 12.0. The molecule has 1 aromatic rings. The molecule has 0 unspecified atom stereocenters. The summed E-state index contributed by atoms with van der Waals surface area (Å²) in [5.41, 5.74) is 7.86. The molecule has 0 spiro atoms. The van der Waals surface area contributed by atoms with Crippen molar-refractivity contribution in [1.82, 2.24) is 14.7 Å². The van der Waals surface area contributed by atoms with E-state index < -0.39 is 0 Å². The molecule has 0 saturated carbocycles. The van der Waals surface area contributed by atoms with Crippen molar-refractivity contribution >= 4 is 17.4 Å². The molecule has 0 bridgehead atoms. The number of carbonyl (C=O) groups excluding carboxylic acids is 1. The summed E-state index contributed by atoms with van der Waals surface area (Å²) < 4.78 is 1.80. The van der Waals surface area contributed by atoms with Crippen LogP contribution in [0.1, 0.15) is 25.5 Å². The second kappa shape index (κ2) is 5.50. The van der Waals surface area contributed by atoms with E-state index in [4.69, 9.17) is 5.73 Å². The molecule has 1 aromatic heterocycles. The Kier molecular flexibility index (Phi) is 3.97. The zero-order valence-corrected chi connectivity index (χ0v) is 12.0. The first-order valence-electron chi connectivity index (χ1n) is 6.84. The van der Waals surface area contributed by atoms with Crippen LogP contribution in [-0.2, 0) is 18.3 Å². The second-order valence-electron chi connectivity index (χ2n) is 5.15. The number of nitrogen functional groups attached to an aromatic ring is 1. The number of nitrogens with two attached hydrogens (primary N) is 1. The summed E-state index contributed by atoms with van der Waals surface area (Å²) in [6.07, 6.45) is 2.85. The van der Waals surface area contributed by atoms with Gasteiger partial charge < -0.3 is 15.5 Å². The quantitative estimate of drug-likeness (QED) is 0.870. The molecule has 106 valence electrons. The Bertz CT molecular complexity index is 468. The van der Waals surface area contributed by atoms with E-state index in [2.05, 4.69) is 12.0 Å². The van der Waals surface area contributed by atoms with Gasteiger partial charge in [0.05, 0.1) is 17.9 Å². The van der Waals surface area contributed by atoms with E-state index in [0.29, 0.717) is 6.54 Å². The van der Waals surface area contributed by atoms with E-state index in [1.807, 2.05) is 19.0 Å². The molecule has 1 aliphatic heterocycles. The van der Waals surface area contributed by atoms with Gasteiger partial charge in [0.25, 0.3) is 0 Å². The summed E-state index contributed by atoms with van der Waals surface area (Å²) in [5.74, 6) is 1.02. The summed E-state index contributed by atoms with van der Waals surface area (Å²) >= 11 is 0. The zero-order chi connectivity index (χ0) is 14.0. The third-order valence-electron chi connectivity index (χ3n) is 3.59. The Balaban J connectivity index is 2.28. The molecule has 1 saturated heterocycles. The fraction of sp³-hybridized carbons (Fsp3) is 0.692. The number of aryl methyl sites for hydroxylation is 2. The normalized spacial score (nSPS) is 16.9. The molecule has 0 radical (unpaired) electrons. The average molecular weight is 265 g/mol. The molecule has 1 fully saturated rings. The van der Waals surface area contributed by atoms with Gasteiger partial charge in [-0.25, -0.2) is 0 Å². The first-order chi connectivity index (χ1) is 9.04. The van der Waals surface area contributed by atoms with Crippen molar-refractivity contribution in [2.75, 3.05) is 37.3 Å². The van der Waals surface area contributed by atoms with Gasteiger partial charge in [-0.1, -0.05) is 13.3 Å². The molecule has 0 aromatic carbocycles. The number of hydrogen-bond donors (Lipinski definition) is 1. The third kappa shape index (κ3) is 2.67. The van der Waals surface area contributed by atoms with E-state index in [1.165, 1.54) is 0 Å². The van der Waals surface area contributed by atoms with Crippen molar-refractivity contribution in [2.24, 2.45) is 7.05 Å². The number of hydrogen-bond acceptors (Lipinski definition) is 4. The van der Waals surface area contributed by atoms with Gasteiger partial charge >= 0.3 is 0 Å². The molecule has 2 heterocycles. The lowest BCUT2D eigenvalue weighted by Gasteiger charge is -2.22. The van der Waals surface area contributed by atoms with Gasteiger partial charge in [0.15, 0.2) is 5.82 Å². The maximum Gasteiger partial charge on any atom is 0.241 e. The van der Waals surface area contributed by atoms with Crippen molar-refractivity contribution in [3.8, 4) is 0 Å². The smallest absolute Gasteiger partial charge is 0.241 e. The highest BCUT2D eigenvalue weighted by Gasteiger charge is 2.24. The fourth-order valence-corrected chi connectivity index (χ4v) is 2.55. The van der Waals surface area contributed by atoms with Crippen LogP contribution in [0.25, 0.3) is 0 Å². The van der Waals surface area contributed by atoms with E-state index in [1.54, 1.807) is 9.58 Å². The van der Waals surface area contributed by atoms with Crippen molar-refractivity contribution in [3.63, 3.8) is 0 Å². The van der Waals surface area contributed by atoms with Gasteiger partial charge in [0.2, 0.25) is 5.91 Å². The van der Waals surface area contributed by atoms with Crippen molar-refractivity contribution in [2.45, 2.75) is 26.2 Å². The summed E-state index contributed by atoms with van der Waals surface area (Å²) in [5, 5.41) is 4.47. The van der Waals surface area contributed by atoms with Crippen LogP contribution in [-0.4, -0.2) is 47.3 Å². The number of nitrogens with zero attached hydrogens (tertiary/aromatic N) is 4. The van der Waals surface area contributed by atoms with Gasteiger partial charge in [-0.15, -0.1) is 0 Å². The Labute approximate surface area is 114 Å². The van der Waals surface area contributed by atoms with Crippen LogP contribution in [0.4, 0.5) is 11.5 Å². The van der Waals surface area contributed by atoms with E-state index in [9.17, 15) is 4.79 Å². The van der Waals surface area contributed by atoms with E-state index in [-0.39, 0.29) is 5.91 Å². The van der Waals surface area contributed by atoms with E-state index in [0.717, 1.165) is 49.6 Å². The van der Waals surface area contributed by atoms with Crippen LogP contribution < -0.4 is 10.6 Å². The molecule has 6 nitrogen and oxygen atoms in total. The van der Waals surface area contributed by atoms with Crippen molar-refractivity contribution < 1.29 is 4.79 Å². The topological polar surface area (TPSA) is 67.4 Å². The summed E-state index contributed by atoms with van der Waals surface area (Å²) in [6.45, 7) is 4.13. The summed E-state index contributed by atoms with van der Waals surface area (Å²) in [7, 11) is 3.74. The molecular weight excluding hydrogens is 242 g/mol. The molecule has 0 aliphatic carbocycles. The van der Waals surface area contributed by atoms with Gasteiger partial charge in [-0.05, 0) is 12.8 Å². The molecule has 0 atom stereocenters. The lowest BCUT2D eigenvalue weighted by molar-refractivity contribution is -0.127. The van der Waals surface area contributed by atoms with Crippen LogP contribution in [0.5, 0.6) is 0 Å². The number of anilines is 2. The number of likely N-dealkylation sites (N-methyl/N-ethyl adjacent to an activating group) is 1. The average Bonchev–Trinajstić information content (AvgIpc) is 2.52. The highest BCUT2D eigenvalue weighted by atomic mass is 16.2. The summed E-state index contributed by atoms with van der Waals surface area (Å²) in [6, 6.07) is 0. The molecule has 2 N–H and O–H groups in total. The van der Waals surface area contributed by atoms with Crippen molar-refractivity contribution in [1.29, 1.82) is 0 Å². The van der Waals surface area contributed by atoms with Gasteiger partial charge in [-0.2, -0.15) is 5.10 Å². The largest absolute Gasteiger partial charge is 0.394 e. The Morgan fingerprint density at radius 2 is 2.05 bits per heavy atom. The van der Waals surface area contributed by atoms with Crippen LogP contribution in [0.2, 0.25) is 0 Å². The van der Waals surface area contributed by atoms with Gasteiger partial charge in [-0.3, -0.25) is 9.48 Å². The molecule has 2 rings (SSSR count). The van der Waals surface area contributed by atoms with Crippen LogP contribution >= 0.6 is 0 Å². The first kappa shape index (κ1) is 13.7. The molecule has 19 heavy (non-hydrogen) atoms. The Morgan fingerprint density at radius 3 is 2.74 bits per heavy atom. The third-order valence-corrected chi connectivity index (χ3v) is 3.59. The maximum atomic E-state index is 12.0. The highest BCUT2D eigenvalue weighted by Crippen LogP contribution is 2.27. The standard InChI is InChI=1S/C13H23N5O/c1-4-6-10-12(14)13(17(3)15-10)18-8-5-7-16(2)11(19)9-18/h4-9,14H2,1-3H3. The molecular formula is C13H23N5O. The van der Waals surface area contributed by atoms with Crippen LogP contribution in [0.15, 0.2) is 0 Å². The molecule has 6 heteroatoms. The number of aromatic nitrogens is 2. The number of carbonyl (C=O) groups is 1. The molecule has 1 amide bonds. The predicted octanol–water partition coefficient (Wildman–Crippen LogP) is 0.623. The molecule has 1 aliphatic rings. The van der Waals surface area contributed by atoms with Crippen LogP contribution in [0.3, 0.4) is 0 Å². The monoisotopic (exact) mass is 265 g/mol. The number of amides is 1. The van der Waals surface area contributed by atoms with Crippen LogP contribution in [0, 0.1) is 0 Å². The minimum Gasteiger partial charge on any atom is -0.394 e. The van der Waals surface area contributed by atoms with Gasteiger partial charge in [0, 0.05) is 27.2 Å². The number of rotatable bonds is 3. The Hall–Kier alpha value is -1.72. The lowest BCUT2D eigenvalue weighted by atomic mass is 10.2. The fourth-order valence-electron chi connectivity index (χ4n) is 2.55. The second-order valence-corrected chi connectivity index (χ2v) is 5.15.